The van der Waals surface area contributed by atoms with Crippen LogP contribution >= 0.6 is 23.2 Å². The first-order valence-electron chi connectivity index (χ1n) is 9.76. The number of benzene rings is 2. The first-order chi connectivity index (χ1) is 15.5. The molecule has 0 bridgehead atoms. The number of non-ortho nitro benzene ring substituents is 1. The van der Waals surface area contributed by atoms with Crippen LogP contribution in [0.25, 0.3) is 10.9 Å². The number of fused-ring (bicyclic) bond motifs is 1. The second kappa shape index (κ2) is 9.60. The highest BCUT2D eigenvalue weighted by atomic mass is 35.5. The number of hydrogen-bond donors (Lipinski definition) is 2. The van der Waals surface area contributed by atoms with Crippen LogP contribution in [0, 0.1) is 16.0 Å². The van der Waals surface area contributed by atoms with Gasteiger partial charge in [-0.25, -0.2) is 4.79 Å². The summed E-state index contributed by atoms with van der Waals surface area (Å²) in [6.45, 7) is 3.62. The van der Waals surface area contributed by atoms with Crippen LogP contribution in [0.3, 0.4) is 0 Å². The Balaban J connectivity index is 2.27. The van der Waals surface area contributed by atoms with Gasteiger partial charge in [-0.1, -0.05) is 37.0 Å². The van der Waals surface area contributed by atoms with Gasteiger partial charge in [0.05, 0.1) is 38.8 Å². The highest BCUT2D eigenvalue weighted by molar-refractivity contribution is 6.35. The van der Waals surface area contributed by atoms with Crippen LogP contribution in [0.15, 0.2) is 35.1 Å². The summed E-state index contributed by atoms with van der Waals surface area (Å²) in [5.41, 5.74) is -1.10. The monoisotopic (exact) mass is 491 g/mol. The Labute approximate surface area is 197 Å². The van der Waals surface area contributed by atoms with Crippen molar-refractivity contribution in [1.29, 1.82) is 0 Å². The molecule has 1 heterocycles. The van der Waals surface area contributed by atoms with E-state index in [1.807, 2.05) is 13.8 Å². The number of hydrogen-bond acceptors (Lipinski definition) is 7. The van der Waals surface area contributed by atoms with Gasteiger partial charge in [-0.15, -0.1) is 0 Å². The molecule has 0 unspecified atom stereocenters. The van der Waals surface area contributed by atoms with Gasteiger partial charge in [0.25, 0.3) is 5.69 Å². The van der Waals surface area contributed by atoms with Crippen molar-refractivity contribution < 1.29 is 19.2 Å². The molecular formula is C22H19Cl2N3O6. The number of nitrogens with one attached hydrogen (secondary N) is 2. The molecule has 172 valence electrons. The normalized spacial score (nSPS) is 11.0. The lowest BCUT2D eigenvalue weighted by Crippen LogP contribution is -2.21. The van der Waals surface area contributed by atoms with Gasteiger partial charge in [-0.05, 0) is 30.2 Å². The summed E-state index contributed by atoms with van der Waals surface area (Å²) in [6.07, 6.45) is 0.0344. The van der Waals surface area contributed by atoms with Crippen LogP contribution in [0.2, 0.25) is 10.0 Å². The third kappa shape index (κ3) is 4.84. The quantitative estimate of drug-likeness (QED) is 0.193. The molecule has 2 aromatic carbocycles. The Kier molecular flexibility index (Phi) is 7.04. The number of ketones is 1. The molecule has 0 aliphatic carbocycles. The third-order valence-corrected chi connectivity index (χ3v) is 5.43. The number of H-pyrrole nitrogens is 1. The molecule has 1 aromatic heterocycles. The zero-order valence-electron chi connectivity index (χ0n) is 17.8. The maximum Gasteiger partial charge on any atom is 0.337 e. The molecule has 0 radical (unpaired) electrons. The van der Waals surface area contributed by atoms with Gasteiger partial charge in [-0.2, -0.15) is 0 Å². The number of pyridine rings is 1. The summed E-state index contributed by atoms with van der Waals surface area (Å²) in [7, 11) is 1.23. The molecule has 11 heteroatoms. The van der Waals surface area contributed by atoms with Crippen molar-refractivity contribution in [1.82, 2.24) is 4.98 Å². The predicted octanol–water partition coefficient (Wildman–Crippen LogP) is 5.50. The lowest BCUT2D eigenvalue weighted by Gasteiger charge is -2.15. The number of carbonyl (C=O) groups is 2. The number of Topliss-reactive ketones (excluding diaryl/α,β-unsaturated/α-hetero) is 1. The van der Waals surface area contributed by atoms with Gasteiger partial charge in [0.2, 0.25) is 5.43 Å². The van der Waals surface area contributed by atoms with Crippen molar-refractivity contribution in [3.05, 3.63) is 71.8 Å². The largest absolute Gasteiger partial charge is 0.465 e. The number of nitrogens with zero attached hydrogens (tertiary/aromatic N) is 1. The number of halogens is 2. The summed E-state index contributed by atoms with van der Waals surface area (Å²) in [5, 5.41) is 14.3. The molecule has 2 N–H and O–H groups in total. The van der Waals surface area contributed by atoms with E-state index >= 15 is 0 Å². The summed E-state index contributed by atoms with van der Waals surface area (Å²) in [6, 6.07) is 6.69. The van der Waals surface area contributed by atoms with E-state index in [4.69, 9.17) is 23.2 Å². The Morgan fingerprint density at radius 3 is 2.45 bits per heavy atom. The van der Waals surface area contributed by atoms with Crippen LogP contribution in [0.1, 0.15) is 41.0 Å². The molecule has 0 spiro atoms. The second-order valence-corrected chi connectivity index (χ2v) is 8.42. The number of aromatic amines is 1. The van der Waals surface area contributed by atoms with Gasteiger partial charge in [-0.3, -0.25) is 19.7 Å². The van der Waals surface area contributed by atoms with Crippen LogP contribution in [0.4, 0.5) is 17.2 Å². The fourth-order valence-electron chi connectivity index (χ4n) is 3.33. The molecular weight excluding hydrogens is 473 g/mol. The van der Waals surface area contributed by atoms with Crippen molar-refractivity contribution in [2.75, 3.05) is 12.4 Å². The molecule has 0 fully saturated rings. The Morgan fingerprint density at radius 2 is 1.88 bits per heavy atom. The minimum atomic E-state index is -0.826. The maximum absolute atomic E-state index is 13.4. The standard InChI is InChI=1S/C22H19Cl2N3O6/c1-10(2)8-16(28)18-20(29)17-15(27(31)32)7-5-12(23)19(17)26-21(18)25-14-6-4-11(9-13(14)24)22(30)33-3/h4-7,9-10H,8H2,1-3H3,(H2,25,26,29). The number of esters is 1. The van der Waals surface area contributed by atoms with Gasteiger partial charge >= 0.3 is 5.97 Å². The fourth-order valence-corrected chi connectivity index (χ4v) is 3.76. The Hall–Kier alpha value is -3.43. The van der Waals surface area contributed by atoms with Gasteiger partial charge in [0, 0.05) is 12.5 Å². The summed E-state index contributed by atoms with van der Waals surface area (Å²) in [4.78, 5) is 51.8. The molecule has 0 saturated heterocycles. The fraction of sp³-hybridized carbons (Fsp3) is 0.227. The first-order valence-corrected chi connectivity index (χ1v) is 10.5. The number of aromatic nitrogens is 1. The minimum Gasteiger partial charge on any atom is -0.465 e. The van der Waals surface area contributed by atoms with E-state index in [-0.39, 0.29) is 55.9 Å². The number of anilines is 2. The molecule has 0 aliphatic rings. The van der Waals surface area contributed by atoms with Crippen LogP contribution in [0.5, 0.6) is 0 Å². The summed E-state index contributed by atoms with van der Waals surface area (Å²) >= 11 is 12.5. The van der Waals surface area contributed by atoms with Crippen molar-refractivity contribution in [2.45, 2.75) is 20.3 Å². The van der Waals surface area contributed by atoms with Crippen molar-refractivity contribution in [2.24, 2.45) is 5.92 Å². The highest BCUT2D eigenvalue weighted by Gasteiger charge is 2.26. The van der Waals surface area contributed by atoms with Crippen molar-refractivity contribution >= 4 is 63.0 Å². The lowest BCUT2D eigenvalue weighted by molar-refractivity contribution is -0.383. The van der Waals surface area contributed by atoms with Crippen molar-refractivity contribution in [3.63, 3.8) is 0 Å². The number of methoxy groups -OCH3 is 1. The van der Waals surface area contributed by atoms with E-state index in [1.165, 1.54) is 31.4 Å². The Morgan fingerprint density at radius 1 is 1.18 bits per heavy atom. The average Bonchev–Trinajstić information content (AvgIpc) is 2.74. The molecule has 0 amide bonds. The van der Waals surface area contributed by atoms with E-state index in [1.54, 1.807) is 0 Å². The van der Waals surface area contributed by atoms with E-state index in [2.05, 4.69) is 15.0 Å². The highest BCUT2D eigenvalue weighted by Crippen LogP contribution is 2.33. The number of carbonyl (C=O) groups excluding carboxylic acids is 2. The Bertz CT molecular complexity index is 1350. The SMILES string of the molecule is COC(=O)c1ccc(Nc2[nH]c3c(Cl)ccc([N+](=O)[O-])c3c(=O)c2C(=O)CC(C)C)c(Cl)c1. The van der Waals surface area contributed by atoms with E-state index in [0.717, 1.165) is 6.07 Å². The molecule has 0 atom stereocenters. The molecule has 3 aromatic rings. The van der Waals surface area contributed by atoms with E-state index in [9.17, 15) is 24.5 Å². The van der Waals surface area contributed by atoms with E-state index < -0.39 is 27.8 Å². The van der Waals surface area contributed by atoms with Gasteiger partial charge in [0.1, 0.15) is 16.8 Å². The minimum absolute atomic E-state index is 0.00164. The smallest absolute Gasteiger partial charge is 0.337 e. The number of nitro groups is 1. The topological polar surface area (TPSA) is 131 Å². The summed E-state index contributed by atoms with van der Waals surface area (Å²) < 4.78 is 4.66. The molecule has 3 rings (SSSR count). The number of nitro benzene ring substituents is 1. The van der Waals surface area contributed by atoms with E-state index in [0.29, 0.717) is 0 Å². The van der Waals surface area contributed by atoms with Crippen LogP contribution in [-0.4, -0.2) is 28.8 Å². The molecule has 9 nitrogen and oxygen atoms in total. The van der Waals surface area contributed by atoms with Gasteiger partial charge in [0.15, 0.2) is 5.78 Å². The number of ether oxygens (including phenoxy) is 1. The molecule has 33 heavy (non-hydrogen) atoms. The average molecular weight is 492 g/mol. The zero-order valence-corrected chi connectivity index (χ0v) is 19.3. The van der Waals surface area contributed by atoms with Gasteiger partial charge < -0.3 is 15.0 Å². The molecule has 0 saturated carbocycles. The second-order valence-electron chi connectivity index (χ2n) is 7.61. The lowest BCUT2D eigenvalue weighted by atomic mass is 9.99. The third-order valence-electron chi connectivity index (χ3n) is 4.81. The number of rotatable bonds is 7. The predicted molar refractivity (Wildman–Crippen MR) is 126 cm³/mol. The van der Waals surface area contributed by atoms with Crippen molar-refractivity contribution in [3.8, 4) is 0 Å². The zero-order chi connectivity index (χ0) is 24.4. The van der Waals surface area contributed by atoms with Crippen LogP contribution < -0.4 is 10.7 Å². The van der Waals surface area contributed by atoms with Crippen LogP contribution in [-0.2, 0) is 4.74 Å². The molecule has 0 aliphatic heterocycles. The first kappa shape index (κ1) is 24.2. The maximum atomic E-state index is 13.4. The summed E-state index contributed by atoms with van der Waals surface area (Å²) in [5.74, 6) is -1.19.